The largest absolute Gasteiger partial charge is 0.376 e. The number of ether oxygens (including phenoxy) is 1. The molecule has 1 nitrogen and oxygen atoms in total. The van der Waals surface area contributed by atoms with Gasteiger partial charge in [0.15, 0.2) is 0 Å². The molecule has 1 rings (SSSR count). The molecule has 0 spiro atoms. The second-order valence-electron chi connectivity index (χ2n) is 1.18. The zero-order valence-electron chi connectivity index (χ0n) is 3.11. The van der Waals surface area contributed by atoms with E-state index in [1.165, 1.54) is 6.42 Å². The van der Waals surface area contributed by atoms with E-state index < -0.39 is 0 Å². The van der Waals surface area contributed by atoms with Crippen LogP contribution in [0.15, 0.2) is 0 Å². The van der Waals surface area contributed by atoms with Crippen molar-refractivity contribution in [1.29, 1.82) is 0 Å². The summed E-state index contributed by atoms with van der Waals surface area (Å²) >= 11 is 0. The standard InChI is InChI=1S/C4H7O/c1-2-4-5-3-1/h3H,1-2,4H2. The molecule has 29 valence electrons. The van der Waals surface area contributed by atoms with Gasteiger partial charge in [0.2, 0.25) is 0 Å². The lowest BCUT2D eigenvalue weighted by Gasteiger charge is -1.75. The van der Waals surface area contributed by atoms with E-state index in [4.69, 9.17) is 4.74 Å². The van der Waals surface area contributed by atoms with E-state index >= 15 is 0 Å². The molecule has 0 aromatic carbocycles. The zero-order chi connectivity index (χ0) is 3.54. The molecule has 0 atom stereocenters. The monoisotopic (exact) mass is 71.0 g/mol. The summed E-state index contributed by atoms with van der Waals surface area (Å²) in [6.07, 6.45) is 2.38. The summed E-state index contributed by atoms with van der Waals surface area (Å²) in [6, 6.07) is 0. The van der Waals surface area contributed by atoms with Gasteiger partial charge in [-0.15, -0.1) is 0 Å². The van der Waals surface area contributed by atoms with E-state index in [1.807, 2.05) is 6.61 Å². The van der Waals surface area contributed by atoms with Crippen molar-refractivity contribution in [3.05, 3.63) is 6.61 Å². The van der Waals surface area contributed by atoms with Crippen LogP contribution in [0.2, 0.25) is 0 Å². The van der Waals surface area contributed by atoms with Crippen LogP contribution >= 0.6 is 0 Å². The number of hydrogen-bond donors (Lipinski definition) is 0. The summed E-state index contributed by atoms with van der Waals surface area (Å²) in [5, 5.41) is 0. The van der Waals surface area contributed by atoms with Gasteiger partial charge in [0.1, 0.15) is 0 Å². The lowest BCUT2D eigenvalue weighted by atomic mass is 10.4. The molecule has 0 amide bonds. The van der Waals surface area contributed by atoms with Crippen molar-refractivity contribution >= 4 is 0 Å². The van der Waals surface area contributed by atoms with E-state index in [0.29, 0.717) is 0 Å². The van der Waals surface area contributed by atoms with Crippen molar-refractivity contribution in [1.82, 2.24) is 0 Å². The zero-order valence-corrected chi connectivity index (χ0v) is 3.11. The SMILES string of the molecule is [CH]1CCCO1. The Morgan fingerprint density at radius 2 is 2.60 bits per heavy atom. The Labute approximate surface area is 31.9 Å². The average Bonchev–Trinajstić information content (AvgIpc) is 1.76. The van der Waals surface area contributed by atoms with Gasteiger partial charge in [0, 0.05) is 6.61 Å². The number of rotatable bonds is 0. The molecule has 1 saturated heterocycles. The van der Waals surface area contributed by atoms with Gasteiger partial charge in [-0.1, -0.05) is 0 Å². The fourth-order valence-electron chi connectivity index (χ4n) is 0.417. The molecule has 0 aromatic heterocycles. The molecular formula is C4H7O. The molecule has 0 saturated carbocycles. The molecule has 1 heteroatoms. The molecule has 1 fully saturated rings. The smallest absolute Gasteiger partial charge is 0.0837 e. The fourth-order valence-corrected chi connectivity index (χ4v) is 0.417. The van der Waals surface area contributed by atoms with E-state index in [0.717, 1.165) is 13.0 Å². The van der Waals surface area contributed by atoms with Gasteiger partial charge in [0.05, 0.1) is 6.61 Å². The first-order chi connectivity index (χ1) is 2.50. The predicted molar refractivity (Wildman–Crippen MR) is 19.5 cm³/mol. The Balaban J connectivity index is 2.08. The van der Waals surface area contributed by atoms with Crippen molar-refractivity contribution in [2.75, 3.05) is 6.61 Å². The highest BCUT2D eigenvalue weighted by molar-refractivity contribution is 4.57. The van der Waals surface area contributed by atoms with Crippen LogP contribution in [-0.4, -0.2) is 6.61 Å². The van der Waals surface area contributed by atoms with Gasteiger partial charge in [-0.3, -0.25) is 0 Å². The van der Waals surface area contributed by atoms with Crippen LogP contribution in [0.25, 0.3) is 0 Å². The van der Waals surface area contributed by atoms with E-state index in [1.54, 1.807) is 0 Å². The molecule has 1 radical (unpaired) electrons. The van der Waals surface area contributed by atoms with Crippen LogP contribution < -0.4 is 0 Å². The van der Waals surface area contributed by atoms with Crippen molar-refractivity contribution < 1.29 is 4.74 Å². The second kappa shape index (κ2) is 1.41. The highest BCUT2D eigenvalue weighted by Gasteiger charge is 1.95. The Hall–Kier alpha value is -0.0400. The Morgan fingerprint density at radius 3 is 2.80 bits per heavy atom. The van der Waals surface area contributed by atoms with Gasteiger partial charge < -0.3 is 4.74 Å². The molecule has 0 bridgehead atoms. The third-order valence-corrected chi connectivity index (χ3v) is 0.702. The van der Waals surface area contributed by atoms with Crippen molar-refractivity contribution in [2.45, 2.75) is 12.8 Å². The molecule has 0 unspecified atom stereocenters. The summed E-state index contributed by atoms with van der Waals surface area (Å²) in [6.45, 7) is 2.81. The van der Waals surface area contributed by atoms with Gasteiger partial charge in [-0.25, -0.2) is 0 Å². The molecule has 1 heterocycles. The summed E-state index contributed by atoms with van der Waals surface area (Å²) in [4.78, 5) is 0. The van der Waals surface area contributed by atoms with Crippen LogP contribution in [0.5, 0.6) is 0 Å². The van der Waals surface area contributed by atoms with Crippen LogP contribution in [0.3, 0.4) is 0 Å². The first-order valence-electron chi connectivity index (χ1n) is 1.93. The molecule has 1 aliphatic rings. The fraction of sp³-hybridized carbons (Fsp3) is 0.750. The molecule has 1 aliphatic heterocycles. The highest BCUT2D eigenvalue weighted by atomic mass is 16.5. The Bertz CT molecular complexity index is 15.2. The van der Waals surface area contributed by atoms with Gasteiger partial charge in [0.25, 0.3) is 0 Å². The van der Waals surface area contributed by atoms with Gasteiger partial charge >= 0.3 is 0 Å². The van der Waals surface area contributed by atoms with Gasteiger partial charge in [-0.2, -0.15) is 0 Å². The van der Waals surface area contributed by atoms with Crippen LogP contribution in [0, 0.1) is 6.61 Å². The normalized spacial score (nSPS) is 24.0. The maximum atomic E-state index is 4.82. The van der Waals surface area contributed by atoms with Crippen molar-refractivity contribution in [3.8, 4) is 0 Å². The Morgan fingerprint density at radius 1 is 1.60 bits per heavy atom. The molecule has 0 N–H and O–H groups in total. The van der Waals surface area contributed by atoms with Crippen LogP contribution in [-0.2, 0) is 4.74 Å². The number of hydrogen-bond acceptors (Lipinski definition) is 1. The highest BCUT2D eigenvalue weighted by Crippen LogP contribution is 2.03. The minimum absolute atomic E-state index is 0.944. The average molecular weight is 71.1 g/mol. The summed E-state index contributed by atoms with van der Waals surface area (Å²) in [5.41, 5.74) is 0. The van der Waals surface area contributed by atoms with E-state index in [-0.39, 0.29) is 0 Å². The van der Waals surface area contributed by atoms with Gasteiger partial charge in [-0.05, 0) is 12.8 Å². The third-order valence-electron chi connectivity index (χ3n) is 0.702. The lowest BCUT2D eigenvalue weighted by molar-refractivity contribution is 0.254. The minimum Gasteiger partial charge on any atom is -0.376 e. The summed E-state index contributed by atoms with van der Waals surface area (Å²) < 4.78 is 4.82. The minimum atomic E-state index is 0.944. The first-order valence-corrected chi connectivity index (χ1v) is 1.93. The molecular weight excluding hydrogens is 64.0 g/mol. The second-order valence-corrected chi connectivity index (χ2v) is 1.18. The van der Waals surface area contributed by atoms with E-state index in [9.17, 15) is 0 Å². The van der Waals surface area contributed by atoms with Crippen molar-refractivity contribution in [3.63, 3.8) is 0 Å². The Kier molecular flexibility index (Phi) is 0.892. The third kappa shape index (κ3) is 0.618. The molecule has 5 heavy (non-hydrogen) atoms. The maximum Gasteiger partial charge on any atom is 0.0837 e. The van der Waals surface area contributed by atoms with Crippen molar-refractivity contribution in [2.24, 2.45) is 0 Å². The quantitative estimate of drug-likeness (QED) is 0.413. The topological polar surface area (TPSA) is 9.23 Å². The summed E-state index contributed by atoms with van der Waals surface area (Å²) in [7, 11) is 0. The first kappa shape index (κ1) is 3.16. The van der Waals surface area contributed by atoms with Crippen LogP contribution in [0.1, 0.15) is 12.8 Å². The molecule has 0 aliphatic carbocycles. The summed E-state index contributed by atoms with van der Waals surface area (Å²) in [5.74, 6) is 0. The molecule has 0 aromatic rings. The van der Waals surface area contributed by atoms with Crippen LogP contribution in [0.4, 0.5) is 0 Å². The maximum absolute atomic E-state index is 4.82. The van der Waals surface area contributed by atoms with E-state index in [2.05, 4.69) is 0 Å². The predicted octanol–water partition coefficient (Wildman–Crippen LogP) is 0.959. The lowest BCUT2D eigenvalue weighted by Crippen LogP contribution is -1.69.